The van der Waals surface area contributed by atoms with Crippen LogP contribution < -0.4 is 0 Å². The number of nitrogens with zero attached hydrogens (tertiary/aromatic N) is 2. The summed E-state index contributed by atoms with van der Waals surface area (Å²) in [5.74, 6) is 0.849. The summed E-state index contributed by atoms with van der Waals surface area (Å²) in [4.78, 5) is 0. The Hall–Kier alpha value is -1.29. The van der Waals surface area contributed by atoms with Gasteiger partial charge in [0.05, 0.1) is 12.3 Å². The molecule has 1 aromatic carbocycles. The lowest BCUT2D eigenvalue weighted by atomic mass is 9.62. The van der Waals surface area contributed by atoms with Gasteiger partial charge in [0.2, 0.25) is 0 Å². The van der Waals surface area contributed by atoms with Crippen molar-refractivity contribution in [3.05, 3.63) is 47.2 Å². The highest BCUT2D eigenvalue weighted by molar-refractivity contribution is 6.17. The summed E-state index contributed by atoms with van der Waals surface area (Å²) in [6.45, 7) is 3.47. The first kappa shape index (κ1) is 15.9. The van der Waals surface area contributed by atoms with Gasteiger partial charge in [-0.05, 0) is 24.1 Å². The molecule has 6 rings (SSSR count). The number of aliphatic hydroxyl groups excluding tert-OH is 1. The molecule has 4 aliphatic rings. The molecule has 25 heavy (non-hydrogen) atoms. The normalized spacial score (nSPS) is 37.7. The van der Waals surface area contributed by atoms with Crippen molar-refractivity contribution in [2.45, 2.75) is 31.8 Å². The number of quaternary nitrogens is 1. The fraction of sp³-hybridized carbons (Fsp3) is 0.524. The molecular formula is C21H26ClN2O+. The maximum Gasteiger partial charge on any atom is 0.155 e. The number of aryl methyl sites for hydroxylation is 1. The monoisotopic (exact) mass is 357 g/mol. The van der Waals surface area contributed by atoms with Crippen molar-refractivity contribution >= 4 is 22.5 Å². The highest BCUT2D eigenvalue weighted by atomic mass is 35.5. The highest BCUT2D eigenvalue weighted by Gasteiger charge is 2.63. The van der Waals surface area contributed by atoms with Crippen LogP contribution in [0.5, 0.6) is 0 Å². The number of para-hydroxylation sites is 1. The first-order valence-electron chi connectivity index (χ1n) is 9.40. The molecular weight excluding hydrogens is 332 g/mol. The van der Waals surface area contributed by atoms with Gasteiger partial charge >= 0.3 is 0 Å². The second kappa shape index (κ2) is 5.35. The van der Waals surface area contributed by atoms with Crippen LogP contribution in [0.3, 0.4) is 0 Å². The van der Waals surface area contributed by atoms with Crippen LogP contribution in [0.25, 0.3) is 10.9 Å². The second-order valence-electron chi connectivity index (χ2n) is 8.16. The zero-order valence-corrected chi connectivity index (χ0v) is 15.7. The third-order valence-electron chi connectivity index (χ3n) is 7.52. The average molecular weight is 358 g/mol. The van der Waals surface area contributed by atoms with Gasteiger partial charge in [0, 0.05) is 42.6 Å². The first-order valence-corrected chi connectivity index (χ1v) is 9.94. The van der Waals surface area contributed by atoms with Gasteiger partial charge in [0.1, 0.15) is 18.6 Å². The fourth-order valence-corrected chi connectivity index (χ4v) is 6.84. The summed E-state index contributed by atoms with van der Waals surface area (Å²) in [5, 5.41) is 11.6. The number of aromatic nitrogens is 1. The van der Waals surface area contributed by atoms with Gasteiger partial charge in [0.25, 0.3) is 0 Å². The Morgan fingerprint density at radius 3 is 2.88 bits per heavy atom. The Morgan fingerprint density at radius 2 is 2.16 bits per heavy atom. The number of allylic oxidation sites excluding steroid dienone is 1. The van der Waals surface area contributed by atoms with Gasteiger partial charge in [-0.3, -0.25) is 4.48 Å². The van der Waals surface area contributed by atoms with Crippen LogP contribution >= 0.6 is 11.6 Å². The van der Waals surface area contributed by atoms with Gasteiger partial charge in [-0.15, -0.1) is 0 Å². The van der Waals surface area contributed by atoms with E-state index < -0.39 is 0 Å². The lowest BCUT2D eigenvalue weighted by molar-refractivity contribution is -0.986. The Balaban J connectivity index is 1.78. The van der Waals surface area contributed by atoms with Crippen LogP contribution in [-0.2, 0) is 13.5 Å². The largest absolute Gasteiger partial charge is 0.396 e. The predicted molar refractivity (Wildman–Crippen MR) is 101 cm³/mol. The van der Waals surface area contributed by atoms with Crippen LogP contribution in [0.4, 0.5) is 0 Å². The molecule has 3 nitrogen and oxygen atoms in total. The highest BCUT2D eigenvalue weighted by Crippen LogP contribution is 2.59. The molecule has 0 amide bonds. The van der Waals surface area contributed by atoms with E-state index in [2.05, 4.69) is 48.9 Å². The molecule has 3 saturated heterocycles. The van der Waals surface area contributed by atoms with Gasteiger partial charge in [-0.2, -0.15) is 0 Å². The first-order chi connectivity index (χ1) is 12.2. The molecule has 132 valence electrons. The van der Waals surface area contributed by atoms with E-state index in [4.69, 9.17) is 11.6 Å². The van der Waals surface area contributed by atoms with E-state index in [1.54, 1.807) is 0 Å². The minimum Gasteiger partial charge on any atom is -0.396 e. The van der Waals surface area contributed by atoms with E-state index in [0.29, 0.717) is 29.9 Å². The molecule has 4 aliphatic heterocycles. The number of hydrogen-bond acceptors (Lipinski definition) is 1. The van der Waals surface area contributed by atoms with E-state index in [0.717, 1.165) is 23.9 Å². The molecule has 0 aliphatic carbocycles. The number of rotatable bonds is 2. The molecule has 1 aromatic heterocycles. The van der Waals surface area contributed by atoms with Gasteiger partial charge in [0.15, 0.2) is 6.00 Å². The number of alkyl halides is 1. The van der Waals surface area contributed by atoms with Crippen molar-refractivity contribution in [2.75, 3.05) is 19.2 Å². The zero-order valence-electron chi connectivity index (χ0n) is 15.0. The molecule has 5 heterocycles. The molecule has 3 fully saturated rings. The number of hydrogen-bond donors (Lipinski definition) is 1. The maximum absolute atomic E-state index is 10.2. The lowest BCUT2D eigenvalue weighted by Crippen LogP contribution is -2.72. The van der Waals surface area contributed by atoms with Crippen molar-refractivity contribution in [1.82, 2.24) is 4.57 Å². The predicted octanol–water partition coefficient (Wildman–Crippen LogP) is 3.75. The van der Waals surface area contributed by atoms with Crippen LogP contribution in [0.15, 0.2) is 35.9 Å². The van der Waals surface area contributed by atoms with Crippen LogP contribution in [0.2, 0.25) is 0 Å². The molecule has 0 spiro atoms. The van der Waals surface area contributed by atoms with E-state index in [9.17, 15) is 5.11 Å². The number of aliphatic hydroxyl groups is 1. The quantitative estimate of drug-likeness (QED) is 0.376. The summed E-state index contributed by atoms with van der Waals surface area (Å²) in [6, 6.07) is 10.3. The second-order valence-corrected chi connectivity index (χ2v) is 8.40. The molecule has 4 bridgehead atoms. The Bertz CT molecular complexity index is 885. The molecule has 4 heteroatoms. The van der Waals surface area contributed by atoms with Crippen molar-refractivity contribution in [3.8, 4) is 0 Å². The smallest absolute Gasteiger partial charge is 0.155 e. The van der Waals surface area contributed by atoms with Crippen molar-refractivity contribution in [2.24, 2.45) is 18.9 Å². The Labute approximate surface area is 154 Å². The summed E-state index contributed by atoms with van der Waals surface area (Å²) in [7, 11) is 2.22. The SMILES string of the molecule is C/C=C1/C[N+]2(CCl)[C@H]3C[C@@H]1[C@@H](CO)[C@@H]2Cc1c3n(C)c2ccccc12. The van der Waals surface area contributed by atoms with Gasteiger partial charge in [-0.1, -0.05) is 35.9 Å². The molecule has 0 saturated carbocycles. The van der Waals surface area contributed by atoms with Gasteiger partial charge in [-0.25, -0.2) is 0 Å². The molecule has 5 atom stereocenters. The number of benzene rings is 1. The molecule has 0 radical (unpaired) electrons. The van der Waals surface area contributed by atoms with Crippen molar-refractivity contribution < 1.29 is 9.59 Å². The van der Waals surface area contributed by atoms with Crippen LogP contribution in [0, 0.1) is 11.8 Å². The molecule has 2 aromatic rings. The Kier molecular flexibility index (Phi) is 3.41. The number of piperidine rings is 3. The van der Waals surface area contributed by atoms with Crippen molar-refractivity contribution in [3.63, 3.8) is 0 Å². The fourth-order valence-electron chi connectivity index (χ4n) is 6.41. The van der Waals surface area contributed by atoms with Crippen LogP contribution in [-0.4, -0.2) is 39.4 Å². The van der Waals surface area contributed by atoms with E-state index in [1.165, 1.54) is 27.7 Å². The lowest BCUT2D eigenvalue weighted by Gasteiger charge is -2.63. The van der Waals surface area contributed by atoms with E-state index in [1.807, 2.05) is 0 Å². The van der Waals surface area contributed by atoms with Gasteiger partial charge < -0.3 is 9.67 Å². The maximum atomic E-state index is 10.2. The molecule has 1 unspecified atom stereocenters. The minimum atomic E-state index is 0.274. The standard InChI is InChI=1S/C21H26ClN2O/c1-3-13-10-24(12-22)19-9-16-14-6-4-5-7-18(14)23(2)21(16)20(24)8-15(13)17(19)11-25/h3-7,15,17,19-20,25H,8-12H2,1-2H3/q+1/b13-3-/t15-,17+,19-,20-,24?/m0/s1. The topological polar surface area (TPSA) is 25.2 Å². The average Bonchev–Trinajstić information content (AvgIpc) is 2.94. The third kappa shape index (κ3) is 1.79. The summed E-state index contributed by atoms with van der Waals surface area (Å²) < 4.78 is 3.35. The van der Waals surface area contributed by atoms with Crippen molar-refractivity contribution in [1.29, 1.82) is 0 Å². The van der Waals surface area contributed by atoms with Crippen LogP contribution in [0.1, 0.15) is 30.6 Å². The summed E-state index contributed by atoms with van der Waals surface area (Å²) >= 11 is 6.68. The van der Waals surface area contributed by atoms with E-state index in [-0.39, 0.29) is 6.61 Å². The number of fused-ring (bicyclic) bond motifs is 4. The summed E-state index contributed by atoms with van der Waals surface area (Å²) in [5.41, 5.74) is 5.84. The zero-order chi connectivity index (χ0) is 17.3. The molecule has 1 N–H and O–H groups in total. The third-order valence-corrected chi connectivity index (χ3v) is 7.96. The summed E-state index contributed by atoms with van der Waals surface area (Å²) in [6.07, 6.45) is 4.44. The minimum absolute atomic E-state index is 0.274. The number of halogens is 1. The van der Waals surface area contributed by atoms with E-state index >= 15 is 0 Å². The Morgan fingerprint density at radius 1 is 1.36 bits per heavy atom.